The lowest BCUT2D eigenvalue weighted by atomic mass is 9.96. The van der Waals surface area contributed by atoms with Crippen molar-refractivity contribution in [2.75, 3.05) is 13.1 Å². The van der Waals surface area contributed by atoms with Crippen LogP contribution in [0.25, 0.3) is 0 Å². The van der Waals surface area contributed by atoms with Gasteiger partial charge in [0.1, 0.15) is 0 Å². The molecule has 0 saturated carbocycles. The Morgan fingerprint density at radius 2 is 2.05 bits per heavy atom. The van der Waals surface area contributed by atoms with Gasteiger partial charge in [0, 0.05) is 31.6 Å². The number of piperidine rings is 1. The fourth-order valence-electron chi connectivity index (χ4n) is 3.34. The highest BCUT2D eigenvalue weighted by Gasteiger charge is 2.39. The van der Waals surface area contributed by atoms with E-state index in [1.165, 1.54) is 0 Å². The molecule has 2 rings (SSSR count). The molecular formula is C15H24N2O4. The molecular weight excluding hydrogens is 272 g/mol. The van der Waals surface area contributed by atoms with E-state index in [0.29, 0.717) is 13.1 Å². The van der Waals surface area contributed by atoms with Gasteiger partial charge < -0.3 is 14.9 Å². The molecule has 2 amide bonds. The number of carbonyl (C=O) groups is 3. The Balaban J connectivity index is 2.04. The van der Waals surface area contributed by atoms with Gasteiger partial charge in [-0.1, -0.05) is 0 Å². The molecule has 21 heavy (non-hydrogen) atoms. The van der Waals surface area contributed by atoms with Crippen molar-refractivity contribution < 1.29 is 19.5 Å². The van der Waals surface area contributed by atoms with Crippen LogP contribution < -0.4 is 0 Å². The van der Waals surface area contributed by atoms with Gasteiger partial charge in [-0.2, -0.15) is 0 Å². The highest BCUT2D eigenvalue weighted by atomic mass is 16.4. The number of hydrogen-bond donors (Lipinski definition) is 1. The molecule has 2 unspecified atom stereocenters. The van der Waals surface area contributed by atoms with Crippen LogP contribution in [-0.2, 0) is 14.4 Å². The standard InChI is InChI=1S/C15H24N2O4/c1-10(2)17-9-11(7-13(17)18)15(21)16-6-4-3-5-12(16)8-14(19)20/h10-12H,3-9H2,1-2H3,(H,19,20). The molecule has 0 aromatic rings. The molecule has 2 saturated heterocycles. The van der Waals surface area contributed by atoms with Gasteiger partial charge in [0.25, 0.3) is 0 Å². The second kappa shape index (κ2) is 6.45. The molecule has 0 bridgehead atoms. The molecule has 2 aliphatic heterocycles. The summed E-state index contributed by atoms with van der Waals surface area (Å²) in [6.45, 7) is 4.96. The van der Waals surface area contributed by atoms with Crippen LogP contribution in [0.1, 0.15) is 46.0 Å². The maximum absolute atomic E-state index is 12.7. The van der Waals surface area contributed by atoms with Crippen molar-refractivity contribution in [3.63, 3.8) is 0 Å². The smallest absolute Gasteiger partial charge is 0.305 e. The minimum Gasteiger partial charge on any atom is -0.481 e. The number of nitrogens with zero attached hydrogens (tertiary/aromatic N) is 2. The van der Waals surface area contributed by atoms with Crippen molar-refractivity contribution in [2.45, 2.75) is 58.0 Å². The maximum Gasteiger partial charge on any atom is 0.305 e. The number of hydrogen-bond acceptors (Lipinski definition) is 3. The number of carboxylic acids is 1. The van der Waals surface area contributed by atoms with Crippen LogP contribution in [0.2, 0.25) is 0 Å². The topological polar surface area (TPSA) is 77.9 Å². The molecule has 6 nitrogen and oxygen atoms in total. The van der Waals surface area contributed by atoms with E-state index in [-0.39, 0.29) is 42.7 Å². The van der Waals surface area contributed by atoms with E-state index in [1.807, 2.05) is 13.8 Å². The number of likely N-dealkylation sites (tertiary alicyclic amines) is 2. The fourth-order valence-corrected chi connectivity index (χ4v) is 3.34. The summed E-state index contributed by atoms with van der Waals surface area (Å²) in [5, 5.41) is 8.99. The second-order valence-electron chi connectivity index (χ2n) is 6.32. The van der Waals surface area contributed by atoms with E-state index < -0.39 is 5.97 Å². The monoisotopic (exact) mass is 296 g/mol. The maximum atomic E-state index is 12.7. The summed E-state index contributed by atoms with van der Waals surface area (Å²) in [5.41, 5.74) is 0. The zero-order valence-electron chi connectivity index (χ0n) is 12.7. The summed E-state index contributed by atoms with van der Waals surface area (Å²) in [4.78, 5) is 39.0. The summed E-state index contributed by atoms with van der Waals surface area (Å²) >= 11 is 0. The van der Waals surface area contributed by atoms with Gasteiger partial charge in [-0.3, -0.25) is 14.4 Å². The predicted molar refractivity (Wildman–Crippen MR) is 76.6 cm³/mol. The van der Waals surface area contributed by atoms with E-state index in [4.69, 9.17) is 5.11 Å². The molecule has 2 fully saturated rings. The third-order valence-electron chi connectivity index (χ3n) is 4.45. The third-order valence-corrected chi connectivity index (χ3v) is 4.45. The first-order chi connectivity index (χ1) is 9.90. The number of amides is 2. The molecule has 118 valence electrons. The van der Waals surface area contributed by atoms with Crippen molar-refractivity contribution in [3.05, 3.63) is 0 Å². The second-order valence-corrected chi connectivity index (χ2v) is 6.32. The van der Waals surface area contributed by atoms with E-state index in [2.05, 4.69) is 0 Å². The van der Waals surface area contributed by atoms with Crippen molar-refractivity contribution in [1.29, 1.82) is 0 Å². The Labute approximate surface area is 125 Å². The van der Waals surface area contributed by atoms with E-state index in [0.717, 1.165) is 19.3 Å². The fraction of sp³-hybridized carbons (Fsp3) is 0.800. The van der Waals surface area contributed by atoms with E-state index in [9.17, 15) is 14.4 Å². The van der Waals surface area contributed by atoms with Gasteiger partial charge in [-0.15, -0.1) is 0 Å². The molecule has 1 N–H and O–H groups in total. The van der Waals surface area contributed by atoms with Crippen LogP contribution in [-0.4, -0.2) is 57.9 Å². The van der Waals surface area contributed by atoms with Gasteiger partial charge >= 0.3 is 5.97 Å². The molecule has 0 spiro atoms. The Morgan fingerprint density at radius 1 is 1.33 bits per heavy atom. The average Bonchev–Trinajstić information content (AvgIpc) is 2.80. The normalized spacial score (nSPS) is 26.5. The Morgan fingerprint density at radius 3 is 2.62 bits per heavy atom. The molecule has 2 aliphatic rings. The molecule has 0 aromatic carbocycles. The van der Waals surface area contributed by atoms with Crippen molar-refractivity contribution >= 4 is 17.8 Å². The molecule has 2 atom stereocenters. The summed E-state index contributed by atoms with van der Waals surface area (Å²) in [7, 11) is 0. The number of rotatable bonds is 4. The molecule has 0 aromatic heterocycles. The van der Waals surface area contributed by atoms with Crippen LogP contribution in [0.3, 0.4) is 0 Å². The SMILES string of the molecule is CC(C)N1CC(C(=O)N2CCCCC2CC(=O)O)CC1=O. The predicted octanol–water partition coefficient (Wildman–Crippen LogP) is 1.10. The van der Waals surface area contributed by atoms with Gasteiger partial charge in [0.05, 0.1) is 12.3 Å². The lowest BCUT2D eigenvalue weighted by Crippen LogP contribution is -2.47. The Hall–Kier alpha value is -1.59. The Bertz CT molecular complexity index is 435. The third kappa shape index (κ3) is 3.54. The van der Waals surface area contributed by atoms with Crippen LogP contribution in [0.4, 0.5) is 0 Å². The lowest BCUT2D eigenvalue weighted by molar-refractivity contribution is -0.144. The number of carbonyl (C=O) groups excluding carboxylic acids is 2. The first-order valence-electron chi connectivity index (χ1n) is 7.72. The average molecular weight is 296 g/mol. The van der Waals surface area contributed by atoms with Crippen LogP contribution in [0.5, 0.6) is 0 Å². The molecule has 2 heterocycles. The first kappa shape index (κ1) is 15.8. The van der Waals surface area contributed by atoms with Crippen molar-refractivity contribution in [2.24, 2.45) is 5.92 Å². The molecule has 0 radical (unpaired) electrons. The molecule has 0 aliphatic carbocycles. The van der Waals surface area contributed by atoms with Gasteiger partial charge in [-0.05, 0) is 33.1 Å². The number of carboxylic acid groups (broad SMARTS) is 1. The summed E-state index contributed by atoms with van der Waals surface area (Å²) in [6.07, 6.45) is 2.88. The van der Waals surface area contributed by atoms with Gasteiger partial charge in [0.15, 0.2) is 0 Å². The quantitative estimate of drug-likeness (QED) is 0.842. The minimum atomic E-state index is -0.869. The van der Waals surface area contributed by atoms with Gasteiger partial charge in [-0.25, -0.2) is 0 Å². The van der Waals surface area contributed by atoms with Crippen LogP contribution >= 0.6 is 0 Å². The minimum absolute atomic E-state index is 0.000299. The summed E-state index contributed by atoms with van der Waals surface area (Å²) in [6, 6.07) is -0.113. The number of aliphatic carboxylic acids is 1. The van der Waals surface area contributed by atoms with E-state index in [1.54, 1.807) is 9.80 Å². The first-order valence-corrected chi connectivity index (χ1v) is 7.72. The van der Waals surface area contributed by atoms with Crippen LogP contribution in [0, 0.1) is 5.92 Å². The zero-order chi connectivity index (χ0) is 15.6. The largest absolute Gasteiger partial charge is 0.481 e. The van der Waals surface area contributed by atoms with Crippen LogP contribution in [0.15, 0.2) is 0 Å². The van der Waals surface area contributed by atoms with E-state index >= 15 is 0 Å². The van der Waals surface area contributed by atoms with Crippen molar-refractivity contribution in [3.8, 4) is 0 Å². The summed E-state index contributed by atoms with van der Waals surface area (Å²) in [5.74, 6) is -1.20. The zero-order valence-corrected chi connectivity index (χ0v) is 12.7. The Kier molecular flexibility index (Phi) is 4.85. The highest BCUT2D eigenvalue weighted by Crippen LogP contribution is 2.27. The van der Waals surface area contributed by atoms with Crippen molar-refractivity contribution in [1.82, 2.24) is 9.80 Å². The highest BCUT2D eigenvalue weighted by molar-refractivity contribution is 5.89. The lowest BCUT2D eigenvalue weighted by Gasteiger charge is -2.36. The molecule has 6 heteroatoms. The summed E-state index contributed by atoms with van der Waals surface area (Å²) < 4.78 is 0. The van der Waals surface area contributed by atoms with Gasteiger partial charge in [0.2, 0.25) is 11.8 Å².